The van der Waals surface area contributed by atoms with Gasteiger partial charge in [0.05, 0.1) is 5.41 Å². The third-order valence-corrected chi connectivity index (χ3v) is 4.48. The minimum absolute atomic E-state index is 0.537. The molecule has 0 amide bonds. The van der Waals surface area contributed by atoms with Gasteiger partial charge in [0, 0.05) is 23.2 Å². The van der Waals surface area contributed by atoms with Crippen molar-refractivity contribution >= 4 is 27.6 Å². The number of carbonyl (C=O) groups is 1. The van der Waals surface area contributed by atoms with Gasteiger partial charge in [-0.3, -0.25) is 4.79 Å². The second-order valence-corrected chi connectivity index (χ2v) is 6.65. The monoisotopic (exact) mass is 325 g/mol. The molecule has 1 fully saturated rings. The molecule has 1 saturated heterocycles. The van der Waals surface area contributed by atoms with E-state index in [1.165, 1.54) is 18.5 Å². The number of hydrogen-bond acceptors (Lipinski definition) is 2. The summed E-state index contributed by atoms with van der Waals surface area (Å²) in [5.74, 6) is -0.754. The average Bonchev–Trinajstić information content (AvgIpc) is 2.85. The van der Waals surface area contributed by atoms with Crippen molar-refractivity contribution in [3.63, 3.8) is 0 Å². The van der Waals surface area contributed by atoms with Crippen LogP contribution in [0.25, 0.3) is 0 Å². The quantitative estimate of drug-likeness (QED) is 0.917. The smallest absolute Gasteiger partial charge is 0.309 e. The number of carboxylic acids is 1. The molecule has 0 bridgehead atoms. The van der Waals surface area contributed by atoms with E-state index in [0.29, 0.717) is 6.42 Å². The summed E-state index contributed by atoms with van der Waals surface area (Å²) in [6.45, 7) is 5.69. The van der Waals surface area contributed by atoms with Gasteiger partial charge >= 0.3 is 5.97 Å². The molecule has 3 nitrogen and oxygen atoms in total. The average molecular weight is 326 g/mol. The van der Waals surface area contributed by atoms with Gasteiger partial charge in [-0.1, -0.05) is 22.0 Å². The maximum atomic E-state index is 11.3. The van der Waals surface area contributed by atoms with Crippen molar-refractivity contribution in [2.24, 2.45) is 5.41 Å². The molecular formula is C15H20BrNO2. The topological polar surface area (TPSA) is 40.5 Å². The fourth-order valence-corrected chi connectivity index (χ4v) is 2.99. The van der Waals surface area contributed by atoms with Gasteiger partial charge in [0.15, 0.2) is 0 Å². The Morgan fingerprint density at radius 3 is 2.58 bits per heavy atom. The third kappa shape index (κ3) is 3.11. The van der Waals surface area contributed by atoms with Crippen molar-refractivity contribution in [1.82, 2.24) is 0 Å². The molecule has 2 rings (SSSR count). The van der Waals surface area contributed by atoms with Crippen LogP contribution in [0.2, 0.25) is 0 Å². The molecule has 104 valence electrons. The molecule has 0 aliphatic carbocycles. The first kappa shape index (κ1) is 14.4. The highest BCUT2D eigenvalue weighted by molar-refractivity contribution is 9.10. The lowest BCUT2D eigenvalue weighted by Crippen LogP contribution is -2.28. The highest BCUT2D eigenvalue weighted by Crippen LogP contribution is 2.35. The maximum Gasteiger partial charge on any atom is 0.309 e. The van der Waals surface area contributed by atoms with Gasteiger partial charge in [-0.25, -0.2) is 0 Å². The number of anilines is 1. The second-order valence-electron chi connectivity index (χ2n) is 5.80. The molecule has 4 heteroatoms. The van der Waals surface area contributed by atoms with Crippen LogP contribution in [0, 0.1) is 5.41 Å². The molecule has 0 radical (unpaired) electrons. The van der Waals surface area contributed by atoms with Gasteiger partial charge in [-0.05, 0) is 50.8 Å². The summed E-state index contributed by atoms with van der Waals surface area (Å²) in [5.41, 5.74) is 1.54. The molecule has 0 aromatic heterocycles. The summed E-state index contributed by atoms with van der Waals surface area (Å²) in [7, 11) is 0. The van der Waals surface area contributed by atoms with E-state index in [9.17, 15) is 9.90 Å². The van der Waals surface area contributed by atoms with Crippen molar-refractivity contribution in [2.45, 2.75) is 33.1 Å². The van der Waals surface area contributed by atoms with E-state index in [0.717, 1.165) is 23.1 Å². The van der Waals surface area contributed by atoms with E-state index in [1.807, 2.05) is 12.1 Å². The first-order valence-electron chi connectivity index (χ1n) is 6.67. The van der Waals surface area contributed by atoms with Crippen LogP contribution in [0.3, 0.4) is 0 Å². The van der Waals surface area contributed by atoms with Crippen molar-refractivity contribution < 1.29 is 9.90 Å². The van der Waals surface area contributed by atoms with E-state index < -0.39 is 11.4 Å². The van der Waals surface area contributed by atoms with Crippen LogP contribution in [0.4, 0.5) is 5.69 Å². The van der Waals surface area contributed by atoms with Crippen LogP contribution in [-0.4, -0.2) is 24.2 Å². The zero-order valence-electron chi connectivity index (χ0n) is 11.4. The van der Waals surface area contributed by atoms with Gasteiger partial charge in [-0.2, -0.15) is 0 Å². The number of hydrogen-bond donors (Lipinski definition) is 1. The Morgan fingerprint density at radius 2 is 2.00 bits per heavy atom. The standard InChI is InChI=1S/C15H20BrNO2/c1-15(2,14(18)19)10-11-12(16)6-5-7-13(11)17-8-3-4-9-17/h5-7H,3-4,8-10H2,1-2H3,(H,18,19). The zero-order chi connectivity index (χ0) is 14.0. The van der Waals surface area contributed by atoms with Crippen molar-refractivity contribution in [1.29, 1.82) is 0 Å². The van der Waals surface area contributed by atoms with Gasteiger partial charge in [0.2, 0.25) is 0 Å². The third-order valence-electron chi connectivity index (χ3n) is 3.74. The van der Waals surface area contributed by atoms with Gasteiger partial charge in [0.1, 0.15) is 0 Å². The summed E-state index contributed by atoms with van der Waals surface area (Å²) in [6.07, 6.45) is 2.97. The molecule has 1 N–H and O–H groups in total. The molecule has 0 atom stereocenters. The van der Waals surface area contributed by atoms with Crippen LogP contribution in [-0.2, 0) is 11.2 Å². The Hall–Kier alpha value is -1.03. The predicted molar refractivity (Wildman–Crippen MR) is 80.7 cm³/mol. The van der Waals surface area contributed by atoms with E-state index in [2.05, 4.69) is 26.9 Å². The van der Waals surface area contributed by atoms with Gasteiger partial charge < -0.3 is 10.0 Å². The van der Waals surface area contributed by atoms with Crippen LogP contribution in [0.1, 0.15) is 32.3 Å². The van der Waals surface area contributed by atoms with Crippen molar-refractivity contribution in [2.75, 3.05) is 18.0 Å². The lowest BCUT2D eigenvalue weighted by molar-refractivity contribution is -0.146. The summed E-state index contributed by atoms with van der Waals surface area (Å²) in [6, 6.07) is 6.12. The summed E-state index contributed by atoms with van der Waals surface area (Å²) in [4.78, 5) is 13.7. The molecule has 1 aliphatic rings. The number of aliphatic carboxylic acids is 1. The van der Waals surface area contributed by atoms with Gasteiger partial charge in [0.25, 0.3) is 0 Å². The van der Waals surface area contributed by atoms with Crippen LogP contribution >= 0.6 is 15.9 Å². The summed E-state index contributed by atoms with van der Waals surface area (Å²) in [5, 5.41) is 9.32. The van der Waals surface area contributed by atoms with Crippen LogP contribution in [0.5, 0.6) is 0 Å². The molecule has 0 spiro atoms. The number of halogens is 1. The van der Waals surface area contributed by atoms with Crippen LogP contribution in [0.15, 0.2) is 22.7 Å². The first-order chi connectivity index (χ1) is 8.92. The van der Waals surface area contributed by atoms with Crippen molar-refractivity contribution in [3.8, 4) is 0 Å². The molecule has 0 saturated carbocycles. The van der Waals surface area contributed by atoms with E-state index >= 15 is 0 Å². The number of benzene rings is 1. The summed E-state index contributed by atoms with van der Waals surface area (Å²) >= 11 is 3.58. The highest BCUT2D eigenvalue weighted by Gasteiger charge is 2.30. The number of rotatable bonds is 4. The molecule has 1 aromatic carbocycles. The zero-order valence-corrected chi connectivity index (χ0v) is 13.0. The fraction of sp³-hybridized carbons (Fsp3) is 0.533. The predicted octanol–water partition coefficient (Wildman–Crippen LogP) is 3.70. The minimum atomic E-state index is -0.754. The van der Waals surface area contributed by atoms with Crippen molar-refractivity contribution in [3.05, 3.63) is 28.2 Å². The summed E-state index contributed by atoms with van der Waals surface area (Å²) < 4.78 is 1.01. The molecule has 1 aliphatic heterocycles. The van der Waals surface area contributed by atoms with Crippen LogP contribution < -0.4 is 4.90 Å². The van der Waals surface area contributed by atoms with E-state index in [-0.39, 0.29) is 0 Å². The molecule has 0 unspecified atom stereocenters. The number of nitrogens with zero attached hydrogens (tertiary/aromatic N) is 1. The molecule has 1 heterocycles. The fourth-order valence-electron chi connectivity index (χ4n) is 2.49. The second kappa shape index (κ2) is 5.53. The lowest BCUT2D eigenvalue weighted by Gasteiger charge is -2.26. The Morgan fingerprint density at radius 1 is 1.37 bits per heavy atom. The number of carboxylic acid groups (broad SMARTS) is 1. The maximum absolute atomic E-state index is 11.3. The Labute approximate surface area is 122 Å². The van der Waals surface area contributed by atoms with E-state index in [4.69, 9.17) is 0 Å². The molecule has 1 aromatic rings. The molecule has 19 heavy (non-hydrogen) atoms. The molecular weight excluding hydrogens is 306 g/mol. The normalized spacial score (nSPS) is 15.8. The minimum Gasteiger partial charge on any atom is -0.481 e. The SMILES string of the molecule is CC(C)(Cc1c(Br)cccc1N1CCCC1)C(=O)O. The largest absolute Gasteiger partial charge is 0.481 e. The highest BCUT2D eigenvalue weighted by atomic mass is 79.9. The lowest BCUT2D eigenvalue weighted by atomic mass is 9.85. The Kier molecular flexibility index (Phi) is 4.19. The van der Waals surface area contributed by atoms with Gasteiger partial charge in [-0.15, -0.1) is 0 Å². The van der Waals surface area contributed by atoms with E-state index in [1.54, 1.807) is 13.8 Å². The Bertz CT molecular complexity index is 479. The Balaban J connectivity index is 2.35. The first-order valence-corrected chi connectivity index (χ1v) is 7.47.